The Morgan fingerprint density at radius 1 is 1.12 bits per heavy atom. The van der Waals surface area contributed by atoms with E-state index in [1.807, 2.05) is 6.92 Å². The highest BCUT2D eigenvalue weighted by Crippen LogP contribution is 2.35. The van der Waals surface area contributed by atoms with Gasteiger partial charge in [0.1, 0.15) is 16.5 Å². The number of piperidine rings is 1. The minimum Gasteiger partial charge on any atom is -0.356 e. The van der Waals surface area contributed by atoms with Gasteiger partial charge in [-0.1, -0.05) is 13.8 Å². The van der Waals surface area contributed by atoms with Crippen LogP contribution in [-0.4, -0.2) is 47.1 Å². The van der Waals surface area contributed by atoms with Crippen LogP contribution in [0.1, 0.15) is 50.9 Å². The summed E-state index contributed by atoms with van der Waals surface area (Å²) in [5, 5.41) is 3.63. The van der Waals surface area contributed by atoms with Gasteiger partial charge in [-0.05, 0) is 69.0 Å². The smallest absolute Gasteiger partial charge is 0.141 e. The molecule has 2 aliphatic rings. The van der Waals surface area contributed by atoms with E-state index in [4.69, 9.17) is 9.97 Å². The Balaban J connectivity index is 1.59. The Bertz CT molecular complexity index is 725. The Labute approximate surface area is 155 Å². The van der Waals surface area contributed by atoms with Crippen molar-refractivity contribution in [2.75, 3.05) is 31.1 Å². The van der Waals surface area contributed by atoms with Crippen LogP contribution in [0, 0.1) is 12.8 Å². The summed E-state index contributed by atoms with van der Waals surface area (Å²) in [5.74, 6) is 2.76. The maximum absolute atomic E-state index is 4.90. The summed E-state index contributed by atoms with van der Waals surface area (Å²) in [4.78, 5) is 16.0. The molecule has 0 aromatic carbocycles. The van der Waals surface area contributed by atoms with Crippen molar-refractivity contribution >= 4 is 27.4 Å². The van der Waals surface area contributed by atoms with Crippen molar-refractivity contribution in [2.24, 2.45) is 5.92 Å². The first-order valence-corrected chi connectivity index (χ1v) is 10.7. The number of nitrogens with zero attached hydrogens (tertiary/aromatic N) is 4. The van der Waals surface area contributed by atoms with Crippen molar-refractivity contribution in [3.8, 4) is 0 Å². The second kappa shape index (κ2) is 7.20. The number of rotatable bonds is 4. The molecule has 2 aromatic heterocycles. The number of anilines is 1. The second-order valence-corrected chi connectivity index (χ2v) is 8.95. The van der Waals surface area contributed by atoms with Gasteiger partial charge >= 0.3 is 0 Å². The van der Waals surface area contributed by atoms with Crippen LogP contribution in [-0.2, 0) is 6.42 Å². The summed E-state index contributed by atoms with van der Waals surface area (Å²) < 4.78 is 0. The zero-order valence-electron chi connectivity index (χ0n) is 15.8. The molecule has 0 spiro atoms. The lowest BCUT2D eigenvalue weighted by Gasteiger charge is -2.37. The van der Waals surface area contributed by atoms with E-state index in [0.29, 0.717) is 5.92 Å². The average Bonchev–Trinajstić information content (AvgIpc) is 3.24. The molecule has 0 bridgehead atoms. The second-order valence-electron chi connectivity index (χ2n) is 8.09. The van der Waals surface area contributed by atoms with Crippen LogP contribution < -0.4 is 4.90 Å². The Morgan fingerprint density at radius 3 is 2.52 bits per heavy atom. The summed E-state index contributed by atoms with van der Waals surface area (Å²) >= 11 is 1.78. The van der Waals surface area contributed by atoms with E-state index in [1.54, 1.807) is 11.3 Å². The molecular weight excluding hydrogens is 328 g/mol. The third-order valence-corrected chi connectivity index (χ3v) is 6.57. The monoisotopic (exact) mass is 358 g/mol. The van der Waals surface area contributed by atoms with Gasteiger partial charge in [-0.2, -0.15) is 0 Å². The lowest BCUT2D eigenvalue weighted by molar-refractivity contribution is 0.207. The maximum Gasteiger partial charge on any atom is 0.141 e. The largest absolute Gasteiger partial charge is 0.356 e. The first-order valence-electron chi connectivity index (χ1n) is 9.85. The molecule has 0 radical (unpaired) electrons. The number of likely N-dealkylation sites (tertiary alicyclic amines) is 1. The van der Waals surface area contributed by atoms with E-state index in [2.05, 4.69) is 29.0 Å². The Morgan fingerprint density at radius 2 is 1.84 bits per heavy atom. The highest BCUT2D eigenvalue weighted by Gasteiger charge is 2.28. The van der Waals surface area contributed by atoms with E-state index in [0.717, 1.165) is 31.4 Å². The molecule has 136 valence electrons. The van der Waals surface area contributed by atoms with Gasteiger partial charge in [0.05, 0.1) is 5.39 Å². The van der Waals surface area contributed by atoms with Crippen molar-refractivity contribution in [3.63, 3.8) is 0 Å². The predicted octanol–water partition coefficient (Wildman–Crippen LogP) is 4.26. The molecule has 2 saturated heterocycles. The molecule has 0 saturated carbocycles. The highest BCUT2D eigenvalue weighted by molar-refractivity contribution is 7.17. The minimum absolute atomic E-state index is 0.660. The van der Waals surface area contributed by atoms with Crippen LogP contribution >= 0.6 is 11.3 Å². The van der Waals surface area contributed by atoms with E-state index < -0.39 is 0 Å². The number of thiophene rings is 1. The van der Waals surface area contributed by atoms with Gasteiger partial charge in [-0.15, -0.1) is 11.3 Å². The van der Waals surface area contributed by atoms with Crippen LogP contribution in [0.5, 0.6) is 0 Å². The van der Waals surface area contributed by atoms with Gasteiger partial charge in [-0.25, -0.2) is 9.97 Å². The van der Waals surface area contributed by atoms with Crippen molar-refractivity contribution < 1.29 is 0 Å². The van der Waals surface area contributed by atoms with E-state index >= 15 is 0 Å². The number of fused-ring (bicyclic) bond motifs is 1. The van der Waals surface area contributed by atoms with Gasteiger partial charge in [0.25, 0.3) is 0 Å². The number of aryl methyl sites for hydroxylation is 1. The molecule has 0 atom stereocenters. The quantitative estimate of drug-likeness (QED) is 0.817. The van der Waals surface area contributed by atoms with E-state index in [-0.39, 0.29) is 0 Å². The predicted molar refractivity (Wildman–Crippen MR) is 107 cm³/mol. The molecule has 2 aliphatic heterocycles. The average molecular weight is 359 g/mol. The molecule has 4 nitrogen and oxygen atoms in total. The van der Waals surface area contributed by atoms with Crippen LogP contribution in [0.3, 0.4) is 0 Å². The standard InChI is InChI=1S/C20H30N4S/c1-14(2)12-16-13-25-20-18(16)19(21-15(3)22-20)24-10-6-17(7-11-24)23-8-4-5-9-23/h13-14,17H,4-12H2,1-3H3. The van der Waals surface area contributed by atoms with E-state index in [1.165, 1.54) is 60.4 Å². The highest BCUT2D eigenvalue weighted by atomic mass is 32.1. The van der Waals surface area contributed by atoms with Crippen molar-refractivity contribution in [2.45, 2.75) is 58.9 Å². The van der Waals surface area contributed by atoms with E-state index in [9.17, 15) is 0 Å². The molecular formula is C20H30N4S. The van der Waals surface area contributed by atoms with Crippen LogP contribution in [0.4, 0.5) is 5.82 Å². The molecule has 4 heterocycles. The lowest BCUT2D eigenvalue weighted by Crippen LogP contribution is -2.44. The molecule has 25 heavy (non-hydrogen) atoms. The lowest BCUT2D eigenvalue weighted by atomic mass is 10.0. The summed E-state index contributed by atoms with van der Waals surface area (Å²) in [7, 11) is 0. The number of hydrogen-bond donors (Lipinski definition) is 0. The molecule has 0 aliphatic carbocycles. The maximum atomic E-state index is 4.90. The third kappa shape index (κ3) is 3.54. The fourth-order valence-electron chi connectivity index (χ4n) is 4.45. The van der Waals surface area contributed by atoms with Gasteiger partial charge in [0, 0.05) is 19.1 Å². The van der Waals surface area contributed by atoms with Crippen LogP contribution in [0.15, 0.2) is 5.38 Å². The summed E-state index contributed by atoms with van der Waals surface area (Å²) in [5.41, 5.74) is 1.44. The zero-order valence-corrected chi connectivity index (χ0v) is 16.6. The van der Waals surface area contributed by atoms with Gasteiger partial charge in [0.15, 0.2) is 0 Å². The minimum atomic E-state index is 0.660. The molecule has 0 unspecified atom stereocenters. The fourth-order valence-corrected chi connectivity index (χ4v) is 5.45. The molecule has 5 heteroatoms. The zero-order chi connectivity index (χ0) is 17.4. The first kappa shape index (κ1) is 17.2. The molecule has 4 rings (SSSR count). The number of aromatic nitrogens is 2. The Kier molecular flexibility index (Phi) is 4.96. The van der Waals surface area contributed by atoms with Crippen LogP contribution in [0.25, 0.3) is 10.2 Å². The molecule has 0 N–H and O–H groups in total. The normalized spacial score (nSPS) is 20.2. The first-order chi connectivity index (χ1) is 12.1. The summed E-state index contributed by atoms with van der Waals surface area (Å²) in [6.45, 7) is 11.5. The molecule has 2 aromatic rings. The van der Waals surface area contributed by atoms with Crippen molar-refractivity contribution in [3.05, 3.63) is 16.8 Å². The Hall–Kier alpha value is -1.20. The van der Waals surface area contributed by atoms with Gasteiger partial charge in [0.2, 0.25) is 0 Å². The number of hydrogen-bond acceptors (Lipinski definition) is 5. The van der Waals surface area contributed by atoms with Crippen molar-refractivity contribution in [1.82, 2.24) is 14.9 Å². The SMILES string of the molecule is Cc1nc(N2CCC(N3CCCC3)CC2)c2c(CC(C)C)csc2n1. The molecule has 2 fully saturated rings. The summed E-state index contributed by atoms with van der Waals surface area (Å²) in [6.07, 6.45) is 6.44. The van der Waals surface area contributed by atoms with Crippen molar-refractivity contribution in [1.29, 1.82) is 0 Å². The summed E-state index contributed by atoms with van der Waals surface area (Å²) in [6, 6.07) is 0.787. The van der Waals surface area contributed by atoms with Gasteiger partial charge < -0.3 is 9.80 Å². The third-order valence-electron chi connectivity index (χ3n) is 5.65. The van der Waals surface area contributed by atoms with Gasteiger partial charge in [-0.3, -0.25) is 0 Å². The molecule has 0 amide bonds. The topological polar surface area (TPSA) is 32.3 Å². The fraction of sp³-hybridized carbons (Fsp3) is 0.700. The van der Waals surface area contributed by atoms with Crippen LogP contribution in [0.2, 0.25) is 0 Å².